The molecule has 1 saturated heterocycles. The molecule has 13 heteroatoms. The van der Waals surface area contributed by atoms with Crippen molar-refractivity contribution in [2.45, 2.75) is 11.1 Å². The minimum atomic E-state index is -3.70. The lowest BCUT2D eigenvalue weighted by atomic mass is 10.3. The van der Waals surface area contributed by atoms with Crippen LogP contribution >= 0.6 is 11.3 Å². The van der Waals surface area contributed by atoms with Crippen LogP contribution in [0.25, 0.3) is 0 Å². The van der Waals surface area contributed by atoms with Gasteiger partial charge in [-0.15, -0.1) is 5.10 Å². The van der Waals surface area contributed by atoms with E-state index in [9.17, 15) is 13.2 Å². The molecule has 28 heavy (non-hydrogen) atoms. The maximum absolute atomic E-state index is 12.3. The molecule has 0 aromatic carbocycles. The molecule has 152 valence electrons. The van der Waals surface area contributed by atoms with Crippen LogP contribution in [0, 0.1) is 0 Å². The number of carbonyl (C=O) groups is 1. The van der Waals surface area contributed by atoms with Gasteiger partial charge >= 0.3 is 0 Å². The van der Waals surface area contributed by atoms with E-state index in [1.807, 2.05) is 6.07 Å². The van der Waals surface area contributed by atoms with Gasteiger partial charge in [0.1, 0.15) is 0 Å². The normalized spacial score (nSPS) is 14.7. The zero-order chi connectivity index (χ0) is 20.0. The van der Waals surface area contributed by atoms with Crippen LogP contribution in [0.4, 0.5) is 16.6 Å². The highest BCUT2D eigenvalue weighted by atomic mass is 32.2. The molecule has 0 unspecified atom stereocenters. The Hall–Kier alpha value is -2.35. The van der Waals surface area contributed by atoms with Crippen molar-refractivity contribution in [3.63, 3.8) is 0 Å². The highest BCUT2D eigenvalue weighted by Crippen LogP contribution is 2.22. The standard InChI is InChI=1S/C15H21N7O4S2/c1-11(23)20-15-17-10-14(27-15)28(24,25)19-3-2-16-13-8-12(9-18-21-13)22-4-6-26-7-5-22/h8-10,19H,2-7H2,1H3,(H,16,21)(H,17,20,23). The summed E-state index contributed by atoms with van der Waals surface area (Å²) in [4.78, 5) is 17.0. The number of nitrogens with one attached hydrogen (secondary N) is 3. The molecule has 3 rings (SSSR count). The first kappa shape index (κ1) is 20.4. The first-order chi connectivity index (χ1) is 13.4. The topological polar surface area (TPSA) is 138 Å². The van der Waals surface area contributed by atoms with E-state index in [0.717, 1.165) is 30.1 Å². The van der Waals surface area contributed by atoms with Gasteiger partial charge in [-0.1, -0.05) is 11.3 Å². The van der Waals surface area contributed by atoms with Gasteiger partial charge in [-0.3, -0.25) is 4.79 Å². The second kappa shape index (κ2) is 9.23. The van der Waals surface area contributed by atoms with E-state index in [2.05, 4.69) is 35.4 Å². The smallest absolute Gasteiger partial charge is 0.251 e. The van der Waals surface area contributed by atoms with Crippen molar-refractivity contribution in [2.24, 2.45) is 0 Å². The van der Waals surface area contributed by atoms with Crippen molar-refractivity contribution in [1.29, 1.82) is 0 Å². The molecule has 1 aliphatic rings. The molecular formula is C15H21N7O4S2. The highest BCUT2D eigenvalue weighted by molar-refractivity contribution is 7.91. The molecule has 1 amide bonds. The van der Waals surface area contributed by atoms with Crippen molar-refractivity contribution < 1.29 is 17.9 Å². The largest absolute Gasteiger partial charge is 0.378 e. The zero-order valence-corrected chi connectivity index (χ0v) is 16.8. The lowest BCUT2D eigenvalue weighted by Crippen LogP contribution is -2.36. The number of hydrogen-bond acceptors (Lipinski definition) is 10. The molecule has 3 N–H and O–H groups in total. The summed E-state index contributed by atoms with van der Waals surface area (Å²) in [6.07, 6.45) is 2.90. The second-order valence-corrected chi connectivity index (χ2v) is 8.91. The first-order valence-electron chi connectivity index (χ1n) is 8.56. The Morgan fingerprint density at radius 3 is 2.82 bits per heavy atom. The minimum Gasteiger partial charge on any atom is -0.378 e. The molecule has 2 aromatic heterocycles. The summed E-state index contributed by atoms with van der Waals surface area (Å²) >= 11 is 0.888. The number of hydrogen-bond donors (Lipinski definition) is 3. The monoisotopic (exact) mass is 427 g/mol. The second-order valence-electron chi connectivity index (χ2n) is 5.89. The molecule has 0 atom stereocenters. The Bertz CT molecular complexity index is 913. The average Bonchev–Trinajstić information content (AvgIpc) is 3.15. The van der Waals surface area contributed by atoms with E-state index in [4.69, 9.17) is 4.74 Å². The van der Waals surface area contributed by atoms with Crippen molar-refractivity contribution in [3.05, 3.63) is 18.5 Å². The molecule has 0 aliphatic carbocycles. The fourth-order valence-electron chi connectivity index (χ4n) is 2.48. The van der Waals surface area contributed by atoms with Gasteiger partial charge in [0.15, 0.2) is 15.2 Å². The van der Waals surface area contributed by atoms with E-state index >= 15 is 0 Å². The maximum atomic E-state index is 12.3. The number of aromatic nitrogens is 3. The first-order valence-corrected chi connectivity index (χ1v) is 10.9. The molecule has 0 radical (unpaired) electrons. The van der Waals surface area contributed by atoms with Crippen LogP contribution < -0.4 is 20.3 Å². The van der Waals surface area contributed by atoms with Crippen molar-refractivity contribution >= 4 is 43.9 Å². The summed E-state index contributed by atoms with van der Waals surface area (Å²) in [7, 11) is -3.70. The molecule has 1 aliphatic heterocycles. The Kier molecular flexibility index (Phi) is 6.72. The summed E-state index contributed by atoms with van der Waals surface area (Å²) in [6, 6.07) is 1.87. The SMILES string of the molecule is CC(=O)Nc1ncc(S(=O)(=O)NCCNc2cc(N3CCOCC3)cnn2)s1. The summed E-state index contributed by atoms with van der Waals surface area (Å²) in [6.45, 7) is 4.75. The predicted molar refractivity (Wildman–Crippen MR) is 105 cm³/mol. The van der Waals surface area contributed by atoms with Crippen LogP contribution in [-0.4, -0.2) is 68.9 Å². The third kappa shape index (κ3) is 5.58. The van der Waals surface area contributed by atoms with E-state index in [0.29, 0.717) is 25.6 Å². The Labute approximate surface area is 166 Å². The molecule has 0 spiro atoms. The lowest BCUT2D eigenvalue weighted by Gasteiger charge is -2.28. The van der Waals surface area contributed by atoms with Crippen LogP contribution in [0.1, 0.15) is 6.92 Å². The maximum Gasteiger partial charge on any atom is 0.251 e. The van der Waals surface area contributed by atoms with E-state index in [1.54, 1.807) is 6.20 Å². The van der Waals surface area contributed by atoms with Crippen molar-refractivity contribution in [1.82, 2.24) is 19.9 Å². The fraction of sp³-hybridized carbons (Fsp3) is 0.467. The third-order valence-electron chi connectivity index (χ3n) is 3.77. The summed E-state index contributed by atoms with van der Waals surface area (Å²) in [5, 5.41) is 13.7. The van der Waals surface area contributed by atoms with Crippen LogP contribution in [-0.2, 0) is 19.6 Å². The third-order valence-corrected chi connectivity index (χ3v) is 6.61. The molecule has 11 nitrogen and oxygen atoms in total. The number of ether oxygens (including phenoxy) is 1. The number of sulfonamides is 1. The van der Waals surface area contributed by atoms with Gasteiger partial charge in [0, 0.05) is 39.2 Å². The highest BCUT2D eigenvalue weighted by Gasteiger charge is 2.18. The molecule has 3 heterocycles. The molecule has 0 bridgehead atoms. The number of morpholine rings is 1. The Morgan fingerprint density at radius 1 is 1.29 bits per heavy atom. The quantitative estimate of drug-likeness (QED) is 0.501. The van der Waals surface area contributed by atoms with E-state index in [-0.39, 0.29) is 21.8 Å². The molecule has 2 aromatic rings. The van der Waals surface area contributed by atoms with E-state index in [1.165, 1.54) is 13.1 Å². The zero-order valence-electron chi connectivity index (χ0n) is 15.2. The summed E-state index contributed by atoms with van der Waals surface area (Å²) in [5.74, 6) is 0.254. The van der Waals surface area contributed by atoms with Crippen molar-refractivity contribution in [3.8, 4) is 0 Å². The Balaban J connectivity index is 1.49. The van der Waals surface area contributed by atoms with E-state index < -0.39 is 10.0 Å². The van der Waals surface area contributed by atoms with Crippen LogP contribution in [0.5, 0.6) is 0 Å². The Morgan fingerprint density at radius 2 is 2.07 bits per heavy atom. The van der Waals surface area contributed by atoms with Gasteiger partial charge in [0.05, 0.1) is 31.3 Å². The van der Waals surface area contributed by atoms with Gasteiger partial charge in [0.25, 0.3) is 10.0 Å². The average molecular weight is 428 g/mol. The van der Waals surface area contributed by atoms with Gasteiger partial charge in [-0.05, 0) is 0 Å². The van der Waals surface area contributed by atoms with Gasteiger partial charge in [0.2, 0.25) is 5.91 Å². The number of carbonyl (C=O) groups excluding carboxylic acids is 1. The minimum absolute atomic E-state index is 0.0327. The molecular weight excluding hydrogens is 406 g/mol. The van der Waals surface area contributed by atoms with Crippen LogP contribution in [0.2, 0.25) is 0 Å². The summed E-state index contributed by atoms with van der Waals surface area (Å²) < 4.78 is 32.4. The number of rotatable bonds is 8. The molecule has 0 saturated carbocycles. The number of amides is 1. The molecule has 1 fully saturated rings. The van der Waals surface area contributed by atoms with Gasteiger partial charge < -0.3 is 20.3 Å². The van der Waals surface area contributed by atoms with Gasteiger partial charge in [-0.2, -0.15) is 5.10 Å². The van der Waals surface area contributed by atoms with Gasteiger partial charge in [-0.25, -0.2) is 18.1 Å². The number of anilines is 3. The number of nitrogens with zero attached hydrogens (tertiary/aromatic N) is 4. The lowest BCUT2D eigenvalue weighted by molar-refractivity contribution is -0.114. The fourth-order valence-corrected chi connectivity index (χ4v) is 4.63. The number of thiazole rings is 1. The predicted octanol–water partition coefficient (Wildman–Crippen LogP) is 0.119. The van der Waals surface area contributed by atoms with Crippen LogP contribution in [0.3, 0.4) is 0 Å². The van der Waals surface area contributed by atoms with Crippen LogP contribution in [0.15, 0.2) is 22.7 Å². The summed E-state index contributed by atoms with van der Waals surface area (Å²) in [5.41, 5.74) is 0.941. The van der Waals surface area contributed by atoms with Crippen molar-refractivity contribution in [2.75, 3.05) is 54.9 Å².